The third-order valence-corrected chi connectivity index (χ3v) is 4.63. The number of rotatable bonds is 5. The molecule has 10 heteroatoms. The zero-order chi connectivity index (χ0) is 23.6. The molecule has 32 heavy (non-hydrogen) atoms. The van der Waals surface area contributed by atoms with Crippen LogP contribution in [-0.4, -0.2) is 18.0 Å². The molecule has 3 aromatic rings. The number of carbonyl (C=O) groups is 1. The highest BCUT2D eigenvalue weighted by Gasteiger charge is 2.36. The number of methoxy groups -OCH3 is 1. The Bertz CT molecular complexity index is 1180. The molecule has 168 valence electrons. The number of hydrogen-bond acceptors (Lipinski definition) is 4. The number of alkyl halides is 3. The summed E-state index contributed by atoms with van der Waals surface area (Å²) in [6.07, 6.45) is -5.01. The van der Waals surface area contributed by atoms with Crippen LogP contribution in [-0.2, 0) is 6.18 Å². The molecule has 0 aliphatic carbocycles. The summed E-state index contributed by atoms with van der Waals surface area (Å²) in [4.78, 5) is 17.0. The molecule has 0 radical (unpaired) electrons. The average molecular weight is 451 g/mol. The molecule has 5 nitrogen and oxygen atoms in total. The molecule has 1 aromatic heterocycles. The second kappa shape index (κ2) is 8.81. The summed E-state index contributed by atoms with van der Waals surface area (Å²) in [5.41, 5.74) is -0.973. The minimum absolute atomic E-state index is 0.221. The van der Waals surface area contributed by atoms with Crippen LogP contribution in [0.4, 0.5) is 39.0 Å². The zero-order valence-corrected chi connectivity index (χ0v) is 17.2. The number of nitrogens with one attached hydrogen (secondary N) is 2. The van der Waals surface area contributed by atoms with Crippen molar-refractivity contribution >= 4 is 23.0 Å². The van der Waals surface area contributed by atoms with Crippen LogP contribution >= 0.6 is 0 Å². The van der Waals surface area contributed by atoms with E-state index in [1.807, 2.05) is 0 Å². The van der Waals surface area contributed by atoms with Gasteiger partial charge in [0.2, 0.25) is 5.88 Å². The summed E-state index contributed by atoms with van der Waals surface area (Å²) in [5.74, 6) is -2.71. The summed E-state index contributed by atoms with van der Waals surface area (Å²) >= 11 is 0. The number of anilines is 3. The first-order valence-electron chi connectivity index (χ1n) is 9.26. The van der Waals surface area contributed by atoms with Gasteiger partial charge in [0.1, 0.15) is 11.6 Å². The van der Waals surface area contributed by atoms with Crippen molar-refractivity contribution in [3.8, 4) is 5.88 Å². The topological polar surface area (TPSA) is 63.2 Å². The van der Waals surface area contributed by atoms with Crippen LogP contribution in [0.15, 0.2) is 42.5 Å². The number of hydrogen-bond donors (Lipinski definition) is 2. The Morgan fingerprint density at radius 3 is 2.25 bits per heavy atom. The highest BCUT2D eigenvalue weighted by Crippen LogP contribution is 2.36. The van der Waals surface area contributed by atoms with Gasteiger partial charge < -0.3 is 15.4 Å². The van der Waals surface area contributed by atoms with Crippen molar-refractivity contribution in [1.82, 2.24) is 4.98 Å². The Kier molecular flexibility index (Phi) is 6.33. The lowest BCUT2D eigenvalue weighted by Crippen LogP contribution is -2.18. The van der Waals surface area contributed by atoms with Gasteiger partial charge in [-0.25, -0.2) is 13.8 Å². The molecule has 0 aliphatic rings. The fourth-order valence-electron chi connectivity index (χ4n) is 2.97. The first-order valence-corrected chi connectivity index (χ1v) is 9.26. The van der Waals surface area contributed by atoms with Crippen LogP contribution in [0.5, 0.6) is 5.88 Å². The number of halogens is 5. The summed E-state index contributed by atoms with van der Waals surface area (Å²) < 4.78 is 72.5. The molecule has 0 saturated heterocycles. The molecule has 2 aromatic carbocycles. The Hall–Kier alpha value is -3.69. The van der Waals surface area contributed by atoms with Crippen molar-refractivity contribution in [3.05, 3.63) is 76.5 Å². The summed E-state index contributed by atoms with van der Waals surface area (Å²) in [5, 5.41) is 5.20. The monoisotopic (exact) mass is 451 g/mol. The normalized spacial score (nSPS) is 11.2. The van der Waals surface area contributed by atoms with Crippen molar-refractivity contribution in [2.45, 2.75) is 20.0 Å². The van der Waals surface area contributed by atoms with Crippen molar-refractivity contribution in [2.75, 3.05) is 17.7 Å². The van der Waals surface area contributed by atoms with Crippen LogP contribution < -0.4 is 15.4 Å². The molecule has 0 saturated carbocycles. The number of benzene rings is 2. The van der Waals surface area contributed by atoms with E-state index < -0.39 is 34.8 Å². The number of nitrogens with zero attached hydrogens (tertiary/aromatic N) is 1. The van der Waals surface area contributed by atoms with Crippen LogP contribution in [0.3, 0.4) is 0 Å². The zero-order valence-electron chi connectivity index (χ0n) is 17.2. The SMILES string of the molecule is COc1ccc(NC(=O)c2cc(C(F)(F)F)c(F)cc2Nc2ccc(F)cc2C)c(C)n1. The van der Waals surface area contributed by atoms with Gasteiger partial charge >= 0.3 is 6.18 Å². The summed E-state index contributed by atoms with van der Waals surface area (Å²) in [7, 11) is 1.41. The first-order chi connectivity index (χ1) is 15.0. The average Bonchev–Trinajstić information content (AvgIpc) is 2.70. The van der Waals surface area contributed by atoms with Crippen molar-refractivity contribution in [1.29, 1.82) is 0 Å². The van der Waals surface area contributed by atoms with Gasteiger partial charge in [-0.15, -0.1) is 0 Å². The highest BCUT2D eigenvalue weighted by molar-refractivity contribution is 6.09. The number of carbonyl (C=O) groups excluding carboxylic acids is 1. The smallest absolute Gasteiger partial charge is 0.419 e. The molecule has 0 aliphatic heterocycles. The Morgan fingerprint density at radius 1 is 0.969 bits per heavy atom. The highest BCUT2D eigenvalue weighted by atomic mass is 19.4. The van der Waals surface area contributed by atoms with Gasteiger partial charge in [-0.2, -0.15) is 13.2 Å². The van der Waals surface area contributed by atoms with E-state index in [2.05, 4.69) is 15.6 Å². The van der Waals surface area contributed by atoms with Crippen LogP contribution in [0, 0.1) is 25.5 Å². The fraction of sp³-hybridized carbons (Fsp3) is 0.182. The van der Waals surface area contributed by atoms with Crippen LogP contribution in [0.1, 0.15) is 27.2 Å². The second-order valence-corrected chi connectivity index (χ2v) is 6.90. The number of ether oxygens (including phenoxy) is 1. The number of amides is 1. The second-order valence-electron chi connectivity index (χ2n) is 6.90. The lowest BCUT2D eigenvalue weighted by atomic mass is 10.0. The number of aryl methyl sites for hydroxylation is 2. The van der Waals surface area contributed by atoms with Crippen molar-refractivity contribution < 1.29 is 31.5 Å². The van der Waals surface area contributed by atoms with Gasteiger partial charge in [0, 0.05) is 11.8 Å². The van der Waals surface area contributed by atoms with Crippen molar-refractivity contribution in [3.63, 3.8) is 0 Å². The lowest BCUT2D eigenvalue weighted by Gasteiger charge is -2.17. The summed E-state index contributed by atoms with van der Waals surface area (Å²) in [6, 6.07) is 7.61. The standard InChI is InChI=1S/C22H18F5N3O2/c1-11-8-13(23)4-5-17(11)29-19-10-16(24)15(22(25,26)27)9-14(19)21(31)30-18-6-7-20(32-3)28-12(18)2/h4-10,29H,1-3H3,(H,30,31). The van der Waals surface area contributed by atoms with E-state index in [0.717, 1.165) is 6.07 Å². The minimum Gasteiger partial charge on any atom is -0.481 e. The van der Waals surface area contributed by atoms with E-state index in [-0.39, 0.29) is 17.3 Å². The summed E-state index contributed by atoms with van der Waals surface area (Å²) in [6.45, 7) is 3.13. The van der Waals surface area contributed by atoms with Gasteiger partial charge in [0.05, 0.1) is 35.3 Å². The maximum absolute atomic E-state index is 14.3. The maximum atomic E-state index is 14.3. The Labute approximate surface area is 180 Å². The third kappa shape index (κ3) is 4.96. The van der Waals surface area contributed by atoms with Gasteiger partial charge in [0.25, 0.3) is 5.91 Å². The van der Waals surface area contributed by atoms with E-state index in [1.54, 1.807) is 13.8 Å². The predicted molar refractivity (Wildman–Crippen MR) is 109 cm³/mol. The molecule has 1 amide bonds. The molecule has 0 atom stereocenters. The fourth-order valence-corrected chi connectivity index (χ4v) is 2.97. The van der Waals surface area contributed by atoms with Gasteiger partial charge in [-0.1, -0.05) is 0 Å². The van der Waals surface area contributed by atoms with E-state index in [4.69, 9.17) is 4.74 Å². The quantitative estimate of drug-likeness (QED) is 0.467. The lowest BCUT2D eigenvalue weighted by molar-refractivity contribution is -0.139. The molecule has 2 N–H and O–H groups in total. The van der Waals surface area contributed by atoms with E-state index in [1.165, 1.54) is 31.4 Å². The number of pyridine rings is 1. The molecule has 0 bridgehead atoms. The molecule has 3 rings (SSSR count). The molecule has 1 heterocycles. The molecular formula is C22H18F5N3O2. The molecular weight excluding hydrogens is 433 g/mol. The first kappa shape index (κ1) is 23.0. The van der Waals surface area contributed by atoms with E-state index in [9.17, 15) is 26.7 Å². The predicted octanol–water partition coefficient (Wildman–Crippen LogP) is 6.00. The third-order valence-electron chi connectivity index (χ3n) is 4.63. The van der Waals surface area contributed by atoms with E-state index >= 15 is 0 Å². The van der Waals surface area contributed by atoms with Gasteiger partial charge in [-0.05, 0) is 55.8 Å². The van der Waals surface area contributed by atoms with Crippen LogP contribution in [0.25, 0.3) is 0 Å². The molecule has 0 fully saturated rings. The molecule has 0 unspecified atom stereocenters. The molecule has 0 spiro atoms. The van der Waals surface area contributed by atoms with Gasteiger partial charge in [-0.3, -0.25) is 4.79 Å². The van der Waals surface area contributed by atoms with Crippen molar-refractivity contribution in [2.24, 2.45) is 0 Å². The Morgan fingerprint density at radius 2 is 1.66 bits per heavy atom. The maximum Gasteiger partial charge on any atom is 0.419 e. The number of aromatic nitrogens is 1. The van der Waals surface area contributed by atoms with Gasteiger partial charge in [0.15, 0.2) is 0 Å². The van der Waals surface area contributed by atoms with Crippen LogP contribution in [0.2, 0.25) is 0 Å². The Balaban J connectivity index is 2.05. The van der Waals surface area contributed by atoms with E-state index in [0.29, 0.717) is 29.1 Å². The minimum atomic E-state index is -5.01. The largest absolute Gasteiger partial charge is 0.481 e.